The molecular formula is C30H30N2O5. The third-order valence-electron chi connectivity index (χ3n) is 7.65. The van der Waals surface area contributed by atoms with Crippen LogP contribution in [0.4, 0.5) is 0 Å². The van der Waals surface area contributed by atoms with E-state index in [0.717, 1.165) is 49.6 Å². The van der Waals surface area contributed by atoms with E-state index in [2.05, 4.69) is 11.0 Å². The molecule has 0 aliphatic carbocycles. The van der Waals surface area contributed by atoms with Gasteiger partial charge in [-0.05, 0) is 55.2 Å². The molecule has 2 aromatic carbocycles. The average molecular weight is 499 g/mol. The van der Waals surface area contributed by atoms with Gasteiger partial charge in [0.15, 0.2) is 0 Å². The molecule has 4 aromatic rings. The molecule has 2 atom stereocenters. The van der Waals surface area contributed by atoms with Crippen molar-refractivity contribution >= 4 is 11.0 Å². The minimum Gasteiger partial charge on any atom is -0.497 e. The Morgan fingerprint density at radius 3 is 2.59 bits per heavy atom. The smallest absolute Gasteiger partial charge is 0.250 e. The van der Waals surface area contributed by atoms with Crippen molar-refractivity contribution in [2.75, 3.05) is 33.4 Å². The number of aryl methyl sites for hydroxylation is 1. The van der Waals surface area contributed by atoms with Crippen LogP contribution in [0.3, 0.4) is 0 Å². The molecule has 0 saturated carbocycles. The summed E-state index contributed by atoms with van der Waals surface area (Å²) in [6.45, 7) is 5.86. The number of benzene rings is 2. The van der Waals surface area contributed by atoms with Crippen LogP contribution >= 0.6 is 0 Å². The number of ether oxygens (including phenoxy) is 2. The lowest BCUT2D eigenvalue weighted by molar-refractivity contribution is 0.104. The lowest BCUT2D eigenvalue weighted by Gasteiger charge is -2.42. The van der Waals surface area contributed by atoms with Gasteiger partial charge in [0.2, 0.25) is 5.43 Å². The van der Waals surface area contributed by atoms with Crippen LogP contribution in [0.1, 0.15) is 23.8 Å². The van der Waals surface area contributed by atoms with Gasteiger partial charge in [0.05, 0.1) is 18.1 Å². The summed E-state index contributed by atoms with van der Waals surface area (Å²) >= 11 is 0. The molecule has 2 aliphatic heterocycles. The zero-order valence-electron chi connectivity index (χ0n) is 21.1. The molecule has 37 heavy (non-hydrogen) atoms. The number of nitrogens with zero attached hydrogens (tertiary/aromatic N) is 2. The maximum absolute atomic E-state index is 13.3. The zero-order chi connectivity index (χ0) is 25.5. The quantitative estimate of drug-likeness (QED) is 0.391. The number of hydrogen-bond donors (Lipinski definition) is 0. The normalized spacial score (nSPS) is 19.0. The van der Waals surface area contributed by atoms with Gasteiger partial charge in [-0.1, -0.05) is 18.2 Å². The van der Waals surface area contributed by atoms with Gasteiger partial charge in [-0.25, -0.2) is 0 Å². The maximum Gasteiger partial charge on any atom is 0.250 e. The van der Waals surface area contributed by atoms with Crippen molar-refractivity contribution < 1.29 is 13.9 Å². The summed E-state index contributed by atoms with van der Waals surface area (Å²) in [7, 11) is 1.62. The second-order valence-corrected chi connectivity index (χ2v) is 10.1. The molecular weight excluding hydrogens is 468 g/mol. The maximum atomic E-state index is 13.3. The minimum absolute atomic E-state index is 0.0605. The Hall–Kier alpha value is -3.84. The highest BCUT2D eigenvalue weighted by Crippen LogP contribution is 2.35. The summed E-state index contributed by atoms with van der Waals surface area (Å²) in [5.74, 6) is 2.87. The molecule has 0 unspecified atom stereocenters. The highest BCUT2D eigenvalue weighted by molar-refractivity contribution is 5.83. The predicted octanol–water partition coefficient (Wildman–Crippen LogP) is 4.44. The zero-order valence-corrected chi connectivity index (χ0v) is 21.1. The Bertz CT molecular complexity index is 1570. The van der Waals surface area contributed by atoms with Crippen molar-refractivity contribution in [2.45, 2.75) is 25.8 Å². The van der Waals surface area contributed by atoms with E-state index in [1.165, 1.54) is 0 Å². The first-order chi connectivity index (χ1) is 18.0. The van der Waals surface area contributed by atoms with Gasteiger partial charge in [-0.15, -0.1) is 0 Å². The van der Waals surface area contributed by atoms with Crippen LogP contribution in [0.15, 0.2) is 74.7 Å². The SMILES string of the molecule is COc1ccc(-c2c(C)oc3cc(OCCN4C[C@@H]5C[C@H](C4)c4cccc(=O)n4C5)ccc3c2=O)cc1. The molecule has 0 amide bonds. The predicted molar refractivity (Wildman–Crippen MR) is 143 cm³/mol. The fraction of sp³-hybridized carbons (Fsp3) is 0.333. The Morgan fingerprint density at radius 2 is 1.78 bits per heavy atom. The van der Waals surface area contributed by atoms with E-state index in [1.807, 2.05) is 47.9 Å². The van der Waals surface area contributed by atoms with E-state index >= 15 is 0 Å². The first-order valence-electron chi connectivity index (χ1n) is 12.8. The molecule has 0 N–H and O–H groups in total. The molecule has 1 fully saturated rings. The van der Waals surface area contributed by atoms with Gasteiger partial charge in [0.25, 0.3) is 5.56 Å². The first-order valence-corrected chi connectivity index (χ1v) is 12.8. The highest BCUT2D eigenvalue weighted by Gasteiger charge is 2.34. The second kappa shape index (κ2) is 9.56. The fourth-order valence-corrected chi connectivity index (χ4v) is 5.94. The summed E-state index contributed by atoms with van der Waals surface area (Å²) in [6.07, 6.45) is 1.14. The van der Waals surface area contributed by atoms with Gasteiger partial charge >= 0.3 is 0 Å². The molecule has 4 heterocycles. The number of methoxy groups -OCH3 is 1. The van der Waals surface area contributed by atoms with Crippen LogP contribution in [0.2, 0.25) is 0 Å². The van der Waals surface area contributed by atoms with E-state index in [9.17, 15) is 9.59 Å². The van der Waals surface area contributed by atoms with E-state index in [1.54, 1.807) is 25.3 Å². The van der Waals surface area contributed by atoms with Gasteiger partial charge in [-0.3, -0.25) is 14.5 Å². The van der Waals surface area contributed by atoms with Crippen LogP contribution in [-0.4, -0.2) is 42.8 Å². The number of likely N-dealkylation sites (tertiary alicyclic amines) is 1. The summed E-state index contributed by atoms with van der Waals surface area (Å²) in [4.78, 5) is 28.0. The van der Waals surface area contributed by atoms with Crippen LogP contribution < -0.4 is 20.5 Å². The number of piperidine rings is 1. The molecule has 6 rings (SSSR count). The highest BCUT2D eigenvalue weighted by atomic mass is 16.5. The lowest BCUT2D eigenvalue weighted by atomic mass is 9.83. The third kappa shape index (κ3) is 4.44. The summed E-state index contributed by atoms with van der Waals surface area (Å²) in [6, 6.07) is 18.4. The molecule has 2 bridgehead atoms. The first kappa shape index (κ1) is 23.6. The Kier molecular flexibility index (Phi) is 6.08. The lowest BCUT2D eigenvalue weighted by Crippen LogP contribution is -2.48. The topological polar surface area (TPSA) is 73.9 Å². The average Bonchev–Trinajstić information content (AvgIpc) is 2.89. The second-order valence-electron chi connectivity index (χ2n) is 10.1. The summed E-state index contributed by atoms with van der Waals surface area (Å²) < 4.78 is 19.3. The van der Waals surface area contributed by atoms with Crippen molar-refractivity contribution in [1.82, 2.24) is 9.47 Å². The number of rotatable bonds is 6. The van der Waals surface area contributed by atoms with Crippen molar-refractivity contribution in [2.24, 2.45) is 5.92 Å². The molecule has 0 radical (unpaired) electrons. The van der Waals surface area contributed by atoms with Crippen LogP contribution in [0, 0.1) is 12.8 Å². The Morgan fingerprint density at radius 1 is 0.973 bits per heavy atom. The molecule has 1 saturated heterocycles. The Labute approximate surface area is 214 Å². The number of aromatic nitrogens is 1. The summed E-state index contributed by atoms with van der Waals surface area (Å²) in [5, 5.41) is 0.529. The third-order valence-corrected chi connectivity index (χ3v) is 7.65. The number of pyridine rings is 1. The molecule has 0 spiro atoms. The van der Waals surface area contributed by atoms with Crippen molar-refractivity contribution in [3.05, 3.63) is 92.7 Å². The van der Waals surface area contributed by atoms with Crippen molar-refractivity contribution in [3.8, 4) is 22.6 Å². The van der Waals surface area contributed by atoms with E-state index in [0.29, 0.717) is 46.5 Å². The molecule has 7 heteroatoms. The van der Waals surface area contributed by atoms with Gasteiger partial charge in [0.1, 0.15) is 29.4 Å². The standard InChI is InChI=1S/C30H30N2O5/c1-19-29(21-6-8-23(35-2)9-7-21)30(34)25-11-10-24(15-27(25)37-19)36-13-12-31-16-20-14-22(18-31)26-4-3-5-28(33)32(26)17-20/h3-11,15,20,22H,12-14,16-18H2,1-2H3/t20-,22+/m0/s1. The molecule has 2 aromatic heterocycles. The van der Waals surface area contributed by atoms with Gasteiger partial charge in [-0.2, -0.15) is 0 Å². The summed E-state index contributed by atoms with van der Waals surface area (Å²) in [5.41, 5.74) is 3.08. The van der Waals surface area contributed by atoms with E-state index in [4.69, 9.17) is 13.9 Å². The number of fused-ring (bicyclic) bond motifs is 5. The van der Waals surface area contributed by atoms with Crippen molar-refractivity contribution in [1.29, 1.82) is 0 Å². The Balaban J connectivity index is 1.15. The van der Waals surface area contributed by atoms with Gasteiger partial charge < -0.3 is 18.5 Å². The van der Waals surface area contributed by atoms with Crippen LogP contribution in [0.25, 0.3) is 22.1 Å². The van der Waals surface area contributed by atoms with Crippen molar-refractivity contribution in [3.63, 3.8) is 0 Å². The van der Waals surface area contributed by atoms with E-state index < -0.39 is 0 Å². The van der Waals surface area contributed by atoms with Gasteiger partial charge in [0, 0.05) is 49.9 Å². The monoisotopic (exact) mass is 498 g/mol. The fourth-order valence-electron chi connectivity index (χ4n) is 5.94. The molecule has 7 nitrogen and oxygen atoms in total. The van der Waals surface area contributed by atoms with Crippen LogP contribution in [0.5, 0.6) is 11.5 Å². The van der Waals surface area contributed by atoms with E-state index in [-0.39, 0.29) is 11.0 Å². The van der Waals surface area contributed by atoms with Crippen LogP contribution in [-0.2, 0) is 6.54 Å². The number of hydrogen-bond acceptors (Lipinski definition) is 6. The largest absolute Gasteiger partial charge is 0.497 e. The molecule has 2 aliphatic rings. The molecule has 190 valence electrons. The minimum atomic E-state index is -0.0605.